The minimum Gasteiger partial charge on any atom is -0.360 e. The summed E-state index contributed by atoms with van der Waals surface area (Å²) in [6, 6.07) is 7.72. The number of halogens is 2. The second kappa shape index (κ2) is 10.4. The highest BCUT2D eigenvalue weighted by atomic mass is 35.5. The van der Waals surface area contributed by atoms with E-state index in [0.29, 0.717) is 31.2 Å². The van der Waals surface area contributed by atoms with E-state index in [4.69, 9.17) is 4.52 Å². The number of aryl methyl sites for hydroxylation is 1. The second-order valence-corrected chi connectivity index (χ2v) is 7.21. The molecule has 1 unspecified atom stereocenters. The first-order chi connectivity index (χ1) is 13.0. The predicted octanol–water partition coefficient (Wildman–Crippen LogP) is 2.39. The van der Waals surface area contributed by atoms with E-state index in [-0.39, 0.29) is 47.6 Å². The molecule has 1 atom stereocenters. The molecule has 2 heterocycles. The fourth-order valence-corrected chi connectivity index (χ4v) is 3.63. The summed E-state index contributed by atoms with van der Waals surface area (Å²) in [7, 11) is 0. The Morgan fingerprint density at radius 1 is 1.39 bits per heavy atom. The van der Waals surface area contributed by atoms with Gasteiger partial charge in [-0.15, -0.1) is 24.2 Å². The maximum absolute atomic E-state index is 13.5. The van der Waals surface area contributed by atoms with Crippen molar-refractivity contribution in [1.82, 2.24) is 15.4 Å². The first kappa shape index (κ1) is 22.2. The van der Waals surface area contributed by atoms with Gasteiger partial charge in [-0.25, -0.2) is 4.39 Å². The molecule has 1 aliphatic heterocycles. The van der Waals surface area contributed by atoms with Crippen molar-refractivity contribution in [3.05, 3.63) is 47.5 Å². The summed E-state index contributed by atoms with van der Waals surface area (Å²) in [5, 5.41) is 9.55. The molecule has 1 aliphatic rings. The van der Waals surface area contributed by atoms with E-state index in [1.165, 1.54) is 23.9 Å². The summed E-state index contributed by atoms with van der Waals surface area (Å²) in [6.45, 7) is 3.55. The highest BCUT2D eigenvalue weighted by Crippen LogP contribution is 2.24. The van der Waals surface area contributed by atoms with Gasteiger partial charge in [0, 0.05) is 25.7 Å². The maximum Gasteiger partial charge on any atom is 0.235 e. The Labute approximate surface area is 172 Å². The van der Waals surface area contributed by atoms with Crippen LogP contribution in [0.3, 0.4) is 0 Å². The molecule has 0 radical (unpaired) electrons. The van der Waals surface area contributed by atoms with Gasteiger partial charge in [0.05, 0.1) is 17.5 Å². The van der Waals surface area contributed by atoms with Crippen LogP contribution in [0.1, 0.15) is 17.4 Å². The quantitative estimate of drug-likeness (QED) is 0.734. The summed E-state index contributed by atoms with van der Waals surface area (Å²) >= 11 is 1.23. The van der Waals surface area contributed by atoms with Crippen molar-refractivity contribution in [1.29, 1.82) is 0 Å². The number of thioether (sulfide) groups is 1. The van der Waals surface area contributed by atoms with Gasteiger partial charge in [-0.1, -0.05) is 17.3 Å². The Hall–Kier alpha value is -2.10. The van der Waals surface area contributed by atoms with Crippen molar-refractivity contribution in [3.63, 3.8) is 0 Å². The number of carbonyl (C=O) groups excluding carboxylic acids is 2. The second-order valence-electron chi connectivity index (χ2n) is 6.23. The van der Waals surface area contributed by atoms with Crippen molar-refractivity contribution in [2.24, 2.45) is 0 Å². The van der Waals surface area contributed by atoms with E-state index in [0.717, 1.165) is 5.56 Å². The van der Waals surface area contributed by atoms with Gasteiger partial charge < -0.3 is 20.1 Å². The van der Waals surface area contributed by atoms with E-state index < -0.39 is 0 Å². The Morgan fingerprint density at radius 2 is 2.21 bits per heavy atom. The maximum atomic E-state index is 13.5. The van der Waals surface area contributed by atoms with Crippen molar-refractivity contribution < 1.29 is 18.5 Å². The number of nitrogens with one attached hydrogen (secondary N) is 2. The molecule has 0 spiro atoms. The molecular formula is C18H22ClFN4O3S. The normalized spacial score (nSPS) is 16.4. The molecule has 10 heteroatoms. The number of aromatic nitrogens is 1. The topological polar surface area (TPSA) is 87.5 Å². The standard InChI is InChI=1S/C18H21FN4O3S.ClH/c1-12-7-16(22-26-12)21-17(24)10-27-11-18(25)23-6-5-20-9-15(23)13-3-2-4-14(19)8-13;/h2-4,7-8,15,20H,5-6,9-11H2,1H3,(H,21,22,24);1H. The molecule has 0 saturated carbocycles. The lowest BCUT2D eigenvalue weighted by Gasteiger charge is -2.36. The molecule has 1 aromatic carbocycles. The third-order valence-electron chi connectivity index (χ3n) is 4.15. The number of nitrogens with zero attached hydrogens (tertiary/aromatic N) is 2. The highest BCUT2D eigenvalue weighted by molar-refractivity contribution is 8.00. The van der Waals surface area contributed by atoms with Gasteiger partial charge in [-0.3, -0.25) is 9.59 Å². The van der Waals surface area contributed by atoms with Crippen LogP contribution in [0, 0.1) is 12.7 Å². The van der Waals surface area contributed by atoms with E-state index in [2.05, 4.69) is 15.8 Å². The summed E-state index contributed by atoms with van der Waals surface area (Å²) in [4.78, 5) is 26.3. The number of hydrogen-bond donors (Lipinski definition) is 2. The highest BCUT2D eigenvalue weighted by Gasteiger charge is 2.28. The fourth-order valence-electron chi connectivity index (χ4n) is 2.93. The number of hydrogen-bond acceptors (Lipinski definition) is 6. The molecule has 1 saturated heterocycles. The zero-order valence-corrected chi connectivity index (χ0v) is 16.9. The zero-order chi connectivity index (χ0) is 19.2. The van der Waals surface area contributed by atoms with Crippen LogP contribution < -0.4 is 10.6 Å². The summed E-state index contributed by atoms with van der Waals surface area (Å²) in [6.07, 6.45) is 0. The van der Waals surface area contributed by atoms with Gasteiger partial charge >= 0.3 is 0 Å². The van der Waals surface area contributed by atoms with Crippen molar-refractivity contribution in [3.8, 4) is 0 Å². The van der Waals surface area contributed by atoms with Crippen LogP contribution in [-0.4, -0.2) is 53.0 Å². The van der Waals surface area contributed by atoms with Gasteiger partial charge in [-0.05, 0) is 24.6 Å². The minimum absolute atomic E-state index is 0. The number of anilines is 1. The molecule has 3 rings (SSSR count). The molecule has 2 aromatic rings. The summed E-state index contributed by atoms with van der Waals surface area (Å²) < 4.78 is 18.4. The molecule has 152 valence electrons. The Balaban J connectivity index is 0.00000280. The molecule has 28 heavy (non-hydrogen) atoms. The summed E-state index contributed by atoms with van der Waals surface area (Å²) in [5.74, 6) is 0.641. The van der Waals surface area contributed by atoms with Crippen LogP contribution in [0.4, 0.5) is 10.2 Å². The van der Waals surface area contributed by atoms with E-state index in [9.17, 15) is 14.0 Å². The number of piperazine rings is 1. The van der Waals surface area contributed by atoms with Crippen LogP contribution in [0.2, 0.25) is 0 Å². The molecule has 7 nitrogen and oxygen atoms in total. The van der Waals surface area contributed by atoms with Gasteiger partial charge in [0.1, 0.15) is 11.6 Å². The molecule has 2 N–H and O–H groups in total. The largest absolute Gasteiger partial charge is 0.360 e. The average molecular weight is 429 g/mol. The molecule has 2 amide bonds. The molecule has 1 aromatic heterocycles. The Morgan fingerprint density at radius 3 is 2.93 bits per heavy atom. The molecule has 1 fully saturated rings. The van der Waals surface area contributed by atoms with Crippen LogP contribution >= 0.6 is 24.2 Å². The van der Waals surface area contributed by atoms with Crippen molar-refractivity contribution >= 4 is 41.8 Å². The lowest BCUT2D eigenvalue weighted by atomic mass is 10.0. The van der Waals surface area contributed by atoms with Gasteiger partial charge in [0.25, 0.3) is 0 Å². The average Bonchev–Trinajstić information content (AvgIpc) is 3.06. The molecule has 0 aliphatic carbocycles. The fraction of sp³-hybridized carbons (Fsp3) is 0.389. The molecular weight excluding hydrogens is 407 g/mol. The first-order valence-electron chi connectivity index (χ1n) is 8.59. The number of rotatable bonds is 6. The number of amides is 2. The van der Waals surface area contributed by atoms with Crippen LogP contribution in [0.25, 0.3) is 0 Å². The Kier molecular flexibility index (Phi) is 8.28. The summed E-state index contributed by atoms with van der Waals surface area (Å²) in [5.41, 5.74) is 0.764. The third-order valence-corrected chi connectivity index (χ3v) is 5.07. The van der Waals surface area contributed by atoms with Gasteiger partial charge in [-0.2, -0.15) is 0 Å². The van der Waals surface area contributed by atoms with Gasteiger partial charge in [0.15, 0.2) is 5.82 Å². The lowest BCUT2D eigenvalue weighted by Crippen LogP contribution is -2.49. The van der Waals surface area contributed by atoms with E-state index in [1.54, 1.807) is 24.0 Å². The van der Waals surface area contributed by atoms with Gasteiger partial charge in [0.2, 0.25) is 11.8 Å². The Bertz CT molecular complexity index is 820. The van der Waals surface area contributed by atoms with Crippen LogP contribution in [0.15, 0.2) is 34.9 Å². The lowest BCUT2D eigenvalue weighted by molar-refractivity contribution is -0.131. The number of carbonyl (C=O) groups is 2. The van der Waals surface area contributed by atoms with Crippen molar-refractivity contribution in [2.75, 3.05) is 36.5 Å². The first-order valence-corrected chi connectivity index (χ1v) is 9.75. The number of benzene rings is 1. The van der Waals surface area contributed by atoms with Crippen molar-refractivity contribution in [2.45, 2.75) is 13.0 Å². The minimum atomic E-state index is -0.320. The van der Waals surface area contributed by atoms with Crippen LogP contribution in [-0.2, 0) is 9.59 Å². The zero-order valence-electron chi connectivity index (χ0n) is 15.3. The SMILES string of the molecule is Cc1cc(NC(=O)CSCC(=O)N2CCNCC2c2cccc(F)c2)no1.Cl. The van der Waals surface area contributed by atoms with E-state index >= 15 is 0 Å². The third kappa shape index (κ3) is 5.95. The predicted molar refractivity (Wildman–Crippen MR) is 108 cm³/mol. The monoisotopic (exact) mass is 428 g/mol. The van der Waals surface area contributed by atoms with Crippen LogP contribution in [0.5, 0.6) is 0 Å². The van der Waals surface area contributed by atoms with E-state index in [1.807, 2.05) is 6.07 Å². The smallest absolute Gasteiger partial charge is 0.235 e. The molecule has 0 bridgehead atoms.